The van der Waals surface area contributed by atoms with E-state index in [2.05, 4.69) is 0 Å². The second-order valence-corrected chi connectivity index (χ2v) is 3.23. The fourth-order valence-corrected chi connectivity index (χ4v) is 1.43. The number of carboxylic acids is 1. The average molecular weight is 221 g/mol. The molecule has 0 radical (unpaired) electrons. The number of aliphatic hydroxyl groups excluding tert-OH is 1. The normalized spacial score (nSPS) is 11.6. The molecular weight excluding hydrogens is 210 g/mol. The Morgan fingerprint density at radius 3 is 2.62 bits per heavy atom. The maximum atomic E-state index is 10.7. The minimum absolute atomic E-state index is 0.00231. The van der Waals surface area contributed by atoms with Crippen molar-refractivity contribution in [2.24, 2.45) is 0 Å². The van der Waals surface area contributed by atoms with Crippen molar-refractivity contribution in [3.05, 3.63) is 28.8 Å². The lowest BCUT2D eigenvalue weighted by Gasteiger charge is -2.14. The highest BCUT2D eigenvalue weighted by molar-refractivity contribution is 5.77. The summed E-state index contributed by atoms with van der Waals surface area (Å²) in [7, 11) is 1.35. The lowest BCUT2D eigenvalue weighted by atomic mass is 9.97. The summed E-state index contributed by atoms with van der Waals surface area (Å²) in [5, 5.41) is 27.2. The van der Waals surface area contributed by atoms with E-state index < -0.39 is 12.1 Å². The summed E-state index contributed by atoms with van der Waals surface area (Å²) in [5.41, 5.74) is 0.727. The molecule has 84 valence electrons. The molecule has 1 atom stereocenters. The molecule has 0 bridgehead atoms. The van der Waals surface area contributed by atoms with Gasteiger partial charge in [0, 0.05) is 0 Å². The molecule has 0 aromatic heterocycles. The Morgan fingerprint density at radius 2 is 2.19 bits per heavy atom. The van der Waals surface area contributed by atoms with E-state index in [9.17, 15) is 9.90 Å². The highest BCUT2D eigenvalue weighted by Crippen LogP contribution is 2.30. The standard InChI is InChI=1S/C11H11NO4/c1-6-3-4-8(16-2)9(7(6)5-12)10(13)11(14)15/h3-4,10,13H,1-2H3,(H,14,15). The van der Waals surface area contributed by atoms with Gasteiger partial charge in [0.05, 0.1) is 24.3 Å². The first-order chi connectivity index (χ1) is 7.52. The fourth-order valence-electron chi connectivity index (χ4n) is 1.43. The maximum Gasteiger partial charge on any atom is 0.337 e. The zero-order valence-corrected chi connectivity index (χ0v) is 8.89. The van der Waals surface area contributed by atoms with E-state index >= 15 is 0 Å². The number of carbonyl (C=O) groups is 1. The van der Waals surface area contributed by atoms with Crippen molar-refractivity contribution in [1.82, 2.24) is 0 Å². The number of methoxy groups -OCH3 is 1. The predicted molar refractivity (Wildman–Crippen MR) is 55.0 cm³/mol. The molecule has 1 aromatic rings. The van der Waals surface area contributed by atoms with Crippen LogP contribution in [0.25, 0.3) is 0 Å². The molecule has 1 rings (SSSR count). The number of hydrogen-bond acceptors (Lipinski definition) is 4. The summed E-state index contributed by atoms with van der Waals surface area (Å²) in [6, 6.07) is 5.03. The average Bonchev–Trinajstić information content (AvgIpc) is 2.27. The van der Waals surface area contributed by atoms with Crippen molar-refractivity contribution in [2.75, 3.05) is 7.11 Å². The minimum Gasteiger partial charge on any atom is -0.496 e. The van der Waals surface area contributed by atoms with Gasteiger partial charge in [-0.15, -0.1) is 0 Å². The van der Waals surface area contributed by atoms with E-state index in [4.69, 9.17) is 15.1 Å². The lowest BCUT2D eigenvalue weighted by Crippen LogP contribution is -2.14. The second kappa shape index (κ2) is 4.64. The van der Waals surface area contributed by atoms with E-state index in [-0.39, 0.29) is 16.9 Å². The number of aliphatic carboxylic acids is 1. The molecule has 0 aliphatic carbocycles. The summed E-state index contributed by atoms with van der Waals surface area (Å²) in [4.78, 5) is 10.7. The quantitative estimate of drug-likeness (QED) is 0.794. The van der Waals surface area contributed by atoms with Gasteiger partial charge in [0.1, 0.15) is 5.75 Å². The Balaban J connectivity index is 3.49. The summed E-state index contributed by atoms with van der Waals surface area (Å²) >= 11 is 0. The number of ether oxygens (including phenoxy) is 1. The van der Waals surface area contributed by atoms with Gasteiger partial charge >= 0.3 is 5.97 Å². The largest absolute Gasteiger partial charge is 0.496 e. The van der Waals surface area contributed by atoms with Crippen LogP contribution in [0.2, 0.25) is 0 Å². The molecule has 0 amide bonds. The first-order valence-corrected chi connectivity index (χ1v) is 4.51. The third kappa shape index (κ3) is 1.97. The molecule has 0 aliphatic rings. The van der Waals surface area contributed by atoms with Crippen LogP contribution in [0.1, 0.15) is 22.8 Å². The number of hydrogen-bond donors (Lipinski definition) is 2. The van der Waals surface area contributed by atoms with Crippen LogP contribution in [0.5, 0.6) is 5.75 Å². The molecule has 5 nitrogen and oxygen atoms in total. The molecule has 0 saturated carbocycles. The van der Waals surface area contributed by atoms with Crippen molar-refractivity contribution in [3.63, 3.8) is 0 Å². The first-order valence-electron chi connectivity index (χ1n) is 4.51. The Bertz CT molecular complexity index is 462. The smallest absolute Gasteiger partial charge is 0.337 e. The van der Waals surface area contributed by atoms with Gasteiger partial charge in [-0.25, -0.2) is 4.79 Å². The third-order valence-electron chi connectivity index (χ3n) is 2.25. The van der Waals surface area contributed by atoms with Crippen LogP contribution in [0.4, 0.5) is 0 Å². The van der Waals surface area contributed by atoms with Gasteiger partial charge in [-0.2, -0.15) is 5.26 Å². The molecule has 5 heteroatoms. The molecule has 0 fully saturated rings. The molecule has 1 unspecified atom stereocenters. The number of benzene rings is 1. The monoisotopic (exact) mass is 221 g/mol. The fraction of sp³-hybridized carbons (Fsp3) is 0.273. The summed E-state index contributed by atoms with van der Waals surface area (Å²) in [6.07, 6.45) is -1.76. The van der Waals surface area contributed by atoms with Gasteiger partial charge in [-0.05, 0) is 18.6 Å². The molecule has 16 heavy (non-hydrogen) atoms. The van der Waals surface area contributed by atoms with Gasteiger partial charge in [0.15, 0.2) is 6.10 Å². The van der Waals surface area contributed by atoms with E-state index in [0.29, 0.717) is 5.56 Å². The topological polar surface area (TPSA) is 90.5 Å². The second-order valence-electron chi connectivity index (χ2n) is 3.23. The number of aliphatic hydroxyl groups is 1. The van der Waals surface area contributed by atoms with Gasteiger partial charge in [-0.1, -0.05) is 6.07 Å². The summed E-state index contributed by atoms with van der Waals surface area (Å²) in [5.74, 6) is -1.22. The van der Waals surface area contributed by atoms with Gasteiger partial charge in [-0.3, -0.25) is 0 Å². The van der Waals surface area contributed by atoms with Crippen LogP contribution >= 0.6 is 0 Å². The molecule has 0 saturated heterocycles. The van der Waals surface area contributed by atoms with E-state index in [1.165, 1.54) is 13.2 Å². The van der Waals surface area contributed by atoms with E-state index in [0.717, 1.165) is 0 Å². The lowest BCUT2D eigenvalue weighted by molar-refractivity contribution is -0.147. The summed E-state index contributed by atoms with van der Waals surface area (Å²) < 4.78 is 4.94. The van der Waals surface area contributed by atoms with Crippen LogP contribution < -0.4 is 4.74 Å². The predicted octanol–water partition coefficient (Wildman–Crippen LogP) is 0.993. The van der Waals surface area contributed by atoms with Gasteiger partial charge < -0.3 is 14.9 Å². The number of carboxylic acid groups (broad SMARTS) is 1. The molecule has 0 heterocycles. The summed E-state index contributed by atoms with van der Waals surface area (Å²) in [6.45, 7) is 1.66. The zero-order chi connectivity index (χ0) is 12.3. The zero-order valence-electron chi connectivity index (χ0n) is 8.89. The van der Waals surface area contributed by atoms with Crippen molar-refractivity contribution in [1.29, 1.82) is 5.26 Å². The molecule has 0 aliphatic heterocycles. The number of nitrogens with zero attached hydrogens (tertiary/aromatic N) is 1. The van der Waals surface area contributed by atoms with Crippen LogP contribution in [0.15, 0.2) is 12.1 Å². The highest BCUT2D eigenvalue weighted by Gasteiger charge is 2.25. The molecule has 1 aromatic carbocycles. The molecular formula is C11H11NO4. The Kier molecular flexibility index (Phi) is 3.48. The Hall–Kier alpha value is -2.06. The van der Waals surface area contributed by atoms with Crippen LogP contribution in [0.3, 0.4) is 0 Å². The molecule has 0 spiro atoms. The van der Waals surface area contributed by atoms with Crippen LogP contribution in [-0.4, -0.2) is 23.3 Å². The van der Waals surface area contributed by atoms with E-state index in [1.54, 1.807) is 13.0 Å². The SMILES string of the molecule is COc1ccc(C)c(C#N)c1C(O)C(=O)O. The van der Waals surface area contributed by atoms with E-state index in [1.807, 2.05) is 6.07 Å². The van der Waals surface area contributed by atoms with Crippen LogP contribution in [0, 0.1) is 18.3 Å². The maximum absolute atomic E-state index is 10.7. The highest BCUT2D eigenvalue weighted by atomic mass is 16.5. The van der Waals surface area contributed by atoms with Crippen molar-refractivity contribution < 1.29 is 19.7 Å². The Morgan fingerprint density at radius 1 is 1.56 bits per heavy atom. The number of aryl methyl sites for hydroxylation is 1. The number of rotatable bonds is 3. The number of nitriles is 1. The van der Waals surface area contributed by atoms with Crippen molar-refractivity contribution >= 4 is 5.97 Å². The van der Waals surface area contributed by atoms with Gasteiger partial charge in [0.2, 0.25) is 0 Å². The van der Waals surface area contributed by atoms with Gasteiger partial charge in [0.25, 0.3) is 0 Å². The van der Waals surface area contributed by atoms with Crippen molar-refractivity contribution in [3.8, 4) is 11.8 Å². The Labute approximate surface area is 92.5 Å². The molecule has 2 N–H and O–H groups in total. The third-order valence-corrected chi connectivity index (χ3v) is 2.25. The minimum atomic E-state index is -1.76. The van der Waals surface area contributed by atoms with Crippen LogP contribution in [-0.2, 0) is 4.79 Å². The van der Waals surface area contributed by atoms with Crippen molar-refractivity contribution in [2.45, 2.75) is 13.0 Å². The first kappa shape index (κ1) is 12.0.